The van der Waals surface area contributed by atoms with Crippen LogP contribution in [0.3, 0.4) is 0 Å². The number of nitrogens with zero attached hydrogens (tertiary/aromatic N) is 1. The summed E-state index contributed by atoms with van der Waals surface area (Å²) in [5.41, 5.74) is 0.326. The van der Waals surface area contributed by atoms with E-state index < -0.39 is 23.7 Å². The fourth-order valence-electron chi connectivity index (χ4n) is 4.84. The van der Waals surface area contributed by atoms with Crippen LogP contribution < -0.4 is 10.6 Å². The molecule has 186 valence electrons. The molecule has 33 heavy (non-hydrogen) atoms. The fraction of sp³-hybridized carbons (Fsp3) is 0.680. The van der Waals surface area contributed by atoms with Crippen molar-refractivity contribution in [3.63, 3.8) is 0 Å². The quantitative estimate of drug-likeness (QED) is 0.401. The number of aldehydes is 1. The van der Waals surface area contributed by atoms with Crippen LogP contribution in [-0.2, 0) is 9.59 Å². The number of piperidine rings is 1. The molecule has 0 saturated carbocycles. The summed E-state index contributed by atoms with van der Waals surface area (Å²) in [5, 5.41) is 5.40. The van der Waals surface area contributed by atoms with E-state index >= 15 is 8.78 Å². The van der Waals surface area contributed by atoms with Gasteiger partial charge >= 0.3 is 0 Å². The van der Waals surface area contributed by atoms with Crippen LogP contribution in [0.15, 0.2) is 18.2 Å². The van der Waals surface area contributed by atoms with Gasteiger partial charge in [0, 0.05) is 25.7 Å². The van der Waals surface area contributed by atoms with E-state index in [1.807, 2.05) is 4.90 Å². The van der Waals surface area contributed by atoms with Crippen LogP contribution in [0.5, 0.6) is 0 Å². The first-order valence-corrected chi connectivity index (χ1v) is 12.1. The average Bonchev–Trinajstić information content (AvgIpc) is 2.76. The molecule has 0 spiro atoms. The molecule has 2 N–H and O–H groups in total. The standard InChI is InChI=1S/C25H38F3N3O2/c1-4-7-18(8-5-2)16-31-13-12-21(25(27,28)17-31)20-11-10-19(15-22(20)26)30-23(9-6-14-32)24(33)29-3/h10-11,14-15,18,21,23,30H,4-9,12-13,16-17H2,1-3H3,(H,29,33). The van der Waals surface area contributed by atoms with Gasteiger partial charge in [-0.15, -0.1) is 0 Å². The summed E-state index contributed by atoms with van der Waals surface area (Å²) in [7, 11) is 1.47. The number of anilines is 1. The number of hydrogen-bond donors (Lipinski definition) is 2. The van der Waals surface area contributed by atoms with E-state index in [4.69, 9.17) is 0 Å². The number of likely N-dealkylation sites (N-methyl/N-ethyl adjacent to an activating group) is 1. The van der Waals surface area contributed by atoms with Gasteiger partial charge in [-0.3, -0.25) is 9.69 Å². The van der Waals surface area contributed by atoms with Gasteiger partial charge in [-0.2, -0.15) is 0 Å². The fourth-order valence-corrected chi connectivity index (χ4v) is 4.84. The predicted molar refractivity (Wildman–Crippen MR) is 125 cm³/mol. The lowest BCUT2D eigenvalue weighted by atomic mass is 9.85. The molecule has 1 aliphatic heterocycles. The van der Waals surface area contributed by atoms with Crippen LogP contribution >= 0.6 is 0 Å². The molecule has 0 aliphatic carbocycles. The molecular formula is C25H38F3N3O2. The second-order valence-corrected chi connectivity index (χ2v) is 9.07. The Morgan fingerprint density at radius 3 is 2.48 bits per heavy atom. The molecule has 1 heterocycles. The SMILES string of the molecule is CCCC(CCC)CN1CCC(c2ccc(NC(CCC=O)C(=O)NC)cc2F)C(F)(F)C1. The predicted octanol–water partition coefficient (Wildman–Crippen LogP) is 4.97. The third kappa shape index (κ3) is 7.73. The van der Waals surface area contributed by atoms with Gasteiger partial charge in [0.1, 0.15) is 18.1 Å². The Morgan fingerprint density at radius 2 is 1.94 bits per heavy atom. The second kappa shape index (κ2) is 13.0. The Labute approximate surface area is 195 Å². The molecule has 2 rings (SSSR count). The molecule has 1 aromatic carbocycles. The molecule has 2 unspecified atom stereocenters. The molecule has 2 atom stereocenters. The highest BCUT2D eigenvalue weighted by molar-refractivity contribution is 5.84. The maximum atomic E-state index is 15.1. The molecule has 0 aromatic heterocycles. The smallest absolute Gasteiger partial charge is 0.267 e. The highest BCUT2D eigenvalue weighted by atomic mass is 19.3. The van der Waals surface area contributed by atoms with E-state index in [0.29, 0.717) is 31.0 Å². The average molecular weight is 470 g/mol. The van der Waals surface area contributed by atoms with Crippen molar-refractivity contribution in [2.45, 2.75) is 76.7 Å². The van der Waals surface area contributed by atoms with Gasteiger partial charge < -0.3 is 15.4 Å². The zero-order valence-electron chi connectivity index (χ0n) is 20.0. The Hall–Kier alpha value is -2.09. The van der Waals surface area contributed by atoms with Crippen LogP contribution in [-0.4, -0.2) is 55.7 Å². The largest absolute Gasteiger partial charge is 0.374 e. The Balaban J connectivity index is 2.09. The molecule has 0 bridgehead atoms. The molecule has 8 heteroatoms. The number of likely N-dealkylation sites (tertiary alicyclic amines) is 1. The van der Waals surface area contributed by atoms with E-state index in [-0.39, 0.29) is 37.3 Å². The van der Waals surface area contributed by atoms with Gasteiger partial charge in [0.15, 0.2) is 0 Å². The van der Waals surface area contributed by atoms with Gasteiger partial charge in [-0.25, -0.2) is 13.2 Å². The first-order chi connectivity index (χ1) is 15.7. The summed E-state index contributed by atoms with van der Waals surface area (Å²) in [6, 6.07) is 3.36. The maximum absolute atomic E-state index is 15.1. The summed E-state index contributed by atoms with van der Waals surface area (Å²) >= 11 is 0. The van der Waals surface area contributed by atoms with Gasteiger partial charge in [0.25, 0.3) is 5.92 Å². The number of rotatable bonds is 13. The number of amides is 1. The third-order valence-electron chi connectivity index (χ3n) is 6.44. The highest BCUT2D eigenvalue weighted by Crippen LogP contribution is 2.42. The normalized spacial score (nSPS) is 19.3. The molecule has 1 aliphatic rings. The van der Waals surface area contributed by atoms with Crippen LogP contribution in [0, 0.1) is 11.7 Å². The van der Waals surface area contributed by atoms with Gasteiger partial charge in [-0.05, 0) is 55.8 Å². The molecule has 1 aromatic rings. The number of halogens is 3. The van der Waals surface area contributed by atoms with E-state index in [1.54, 1.807) is 0 Å². The van der Waals surface area contributed by atoms with E-state index in [0.717, 1.165) is 31.7 Å². The summed E-state index contributed by atoms with van der Waals surface area (Å²) in [5.74, 6) is -4.82. The lowest BCUT2D eigenvalue weighted by molar-refractivity contribution is -0.121. The minimum absolute atomic E-state index is 0.00764. The topological polar surface area (TPSA) is 61.4 Å². The van der Waals surface area contributed by atoms with Crippen molar-refractivity contribution in [2.75, 3.05) is 32.0 Å². The first-order valence-electron chi connectivity index (χ1n) is 12.1. The summed E-state index contributed by atoms with van der Waals surface area (Å²) in [6.07, 6.45) is 5.48. The molecular weight excluding hydrogens is 431 g/mol. The Kier molecular flexibility index (Phi) is 10.7. The van der Waals surface area contributed by atoms with Gasteiger partial charge in [0.2, 0.25) is 5.91 Å². The zero-order chi connectivity index (χ0) is 24.4. The van der Waals surface area contributed by atoms with Crippen LogP contribution in [0.1, 0.15) is 70.3 Å². The number of carbonyl (C=O) groups excluding carboxylic acids is 2. The molecule has 0 radical (unpaired) electrons. The number of nitrogens with one attached hydrogen (secondary N) is 2. The van der Waals surface area contributed by atoms with Crippen molar-refractivity contribution in [1.82, 2.24) is 10.2 Å². The number of carbonyl (C=O) groups is 2. The minimum Gasteiger partial charge on any atom is -0.374 e. The van der Waals surface area contributed by atoms with Crippen molar-refractivity contribution in [3.05, 3.63) is 29.6 Å². The Morgan fingerprint density at radius 1 is 1.24 bits per heavy atom. The Bertz CT molecular complexity index is 769. The van der Waals surface area contributed by atoms with Crippen LogP contribution in [0.2, 0.25) is 0 Å². The van der Waals surface area contributed by atoms with Crippen molar-refractivity contribution in [3.8, 4) is 0 Å². The first kappa shape index (κ1) is 27.2. The van der Waals surface area contributed by atoms with E-state index in [2.05, 4.69) is 24.5 Å². The van der Waals surface area contributed by atoms with Crippen LogP contribution in [0.25, 0.3) is 0 Å². The summed E-state index contributed by atoms with van der Waals surface area (Å²) in [6.45, 7) is 5.06. The molecule has 1 fully saturated rings. The lowest BCUT2D eigenvalue weighted by Gasteiger charge is -2.40. The third-order valence-corrected chi connectivity index (χ3v) is 6.44. The highest BCUT2D eigenvalue weighted by Gasteiger charge is 2.46. The van der Waals surface area contributed by atoms with Crippen LogP contribution in [0.4, 0.5) is 18.9 Å². The number of alkyl halides is 2. The monoisotopic (exact) mass is 469 g/mol. The minimum atomic E-state index is -3.02. The maximum Gasteiger partial charge on any atom is 0.267 e. The van der Waals surface area contributed by atoms with Gasteiger partial charge in [0.05, 0.1) is 12.5 Å². The lowest BCUT2D eigenvalue weighted by Crippen LogP contribution is -2.49. The number of hydrogen-bond acceptors (Lipinski definition) is 4. The summed E-state index contributed by atoms with van der Waals surface area (Å²) in [4.78, 5) is 24.5. The van der Waals surface area contributed by atoms with E-state index in [1.165, 1.54) is 19.2 Å². The second-order valence-electron chi connectivity index (χ2n) is 9.07. The zero-order valence-corrected chi connectivity index (χ0v) is 20.0. The van der Waals surface area contributed by atoms with Crippen molar-refractivity contribution in [2.24, 2.45) is 5.92 Å². The molecule has 1 amide bonds. The van der Waals surface area contributed by atoms with E-state index in [9.17, 15) is 14.0 Å². The van der Waals surface area contributed by atoms with Gasteiger partial charge in [-0.1, -0.05) is 32.8 Å². The van der Waals surface area contributed by atoms with Crippen molar-refractivity contribution in [1.29, 1.82) is 0 Å². The van der Waals surface area contributed by atoms with Crippen molar-refractivity contribution < 1.29 is 22.8 Å². The summed E-state index contributed by atoms with van der Waals surface area (Å²) < 4.78 is 45.1. The van der Waals surface area contributed by atoms with Crippen molar-refractivity contribution >= 4 is 17.9 Å². The number of benzene rings is 1. The molecule has 5 nitrogen and oxygen atoms in total. The molecule has 1 saturated heterocycles.